The first-order valence-corrected chi connectivity index (χ1v) is 7.98. The molecule has 0 spiro atoms. The van der Waals surface area contributed by atoms with Crippen LogP contribution in [-0.2, 0) is 13.0 Å². The molecule has 3 nitrogen and oxygen atoms in total. The van der Waals surface area contributed by atoms with Crippen molar-refractivity contribution in [3.05, 3.63) is 65.3 Å². The topological polar surface area (TPSA) is 38.0 Å². The molecule has 1 N–H and O–H groups in total. The number of aliphatic hydroxyl groups excluding tert-OH is 1. The van der Waals surface area contributed by atoms with Crippen molar-refractivity contribution >= 4 is 11.3 Å². The van der Waals surface area contributed by atoms with Gasteiger partial charge in [-0.2, -0.15) is 0 Å². The van der Waals surface area contributed by atoms with Gasteiger partial charge >= 0.3 is 0 Å². The van der Waals surface area contributed by atoms with Crippen LogP contribution in [0, 0.1) is 0 Å². The number of aliphatic hydroxyl groups is 1. The predicted molar refractivity (Wildman–Crippen MR) is 86.3 cm³/mol. The van der Waals surface area contributed by atoms with Crippen molar-refractivity contribution in [3.63, 3.8) is 0 Å². The van der Waals surface area contributed by atoms with Gasteiger partial charge in [0, 0.05) is 12.4 Å². The Balaban J connectivity index is 1.78. The zero-order valence-corrected chi connectivity index (χ0v) is 12.8. The number of benzene rings is 1. The van der Waals surface area contributed by atoms with Crippen LogP contribution in [0.4, 0.5) is 0 Å². The summed E-state index contributed by atoms with van der Waals surface area (Å²) in [5.74, 6) is 0.911. The van der Waals surface area contributed by atoms with E-state index in [0.29, 0.717) is 6.54 Å². The van der Waals surface area contributed by atoms with Crippen molar-refractivity contribution in [1.29, 1.82) is 0 Å². The second-order valence-electron chi connectivity index (χ2n) is 4.99. The van der Waals surface area contributed by atoms with E-state index in [0.717, 1.165) is 22.7 Å². The van der Waals surface area contributed by atoms with Crippen molar-refractivity contribution in [3.8, 4) is 10.7 Å². The average molecular weight is 298 g/mol. The summed E-state index contributed by atoms with van der Waals surface area (Å²) in [5.41, 5.74) is 2.23. The van der Waals surface area contributed by atoms with Crippen LogP contribution < -0.4 is 0 Å². The highest BCUT2D eigenvalue weighted by atomic mass is 32.1. The van der Waals surface area contributed by atoms with Crippen LogP contribution in [0.3, 0.4) is 0 Å². The molecule has 21 heavy (non-hydrogen) atoms. The zero-order chi connectivity index (χ0) is 14.7. The number of imidazole rings is 1. The third-order valence-corrected chi connectivity index (χ3v) is 4.47. The Morgan fingerprint density at radius 1 is 1.24 bits per heavy atom. The maximum Gasteiger partial charge on any atom is 0.150 e. The van der Waals surface area contributed by atoms with Gasteiger partial charge in [-0.1, -0.05) is 37.3 Å². The average Bonchev–Trinajstić information content (AvgIpc) is 3.18. The summed E-state index contributed by atoms with van der Waals surface area (Å²) < 4.78 is 2.00. The molecule has 0 saturated heterocycles. The number of aryl methyl sites for hydroxylation is 1. The minimum absolute atomic E-state index is 0.513. The van der Waals surface area contributed by atoms with Gasteiger partial charge in [0.25, 0.3) is 0 Å². The summed E-state index contributed by atoms with van der Waals surface area (Å²) in [4.78, 5) is 5.51. The number of thiophene rings is 1. The quantitative estimate of drug-likeness (QED) is 0.775. The minimum atomic E-state index is -0.524. The van der Waals surface area contributed by atoms with Crippen molar-refractivity contribution in [1.82, 2.24) is 9.55 Å². The summed E-state index contributed by atoms with van der Waals surface area (Å²) in [6, 6.07) is 12.2. The molecule has 0 radical (unpaired) electrons. The Kier molecular flexibility index (Phi) is 4.18. The molecule has 2 heterocycles. The van der Waals surface area contributed by atoms with Gasteiger partial charge in [-0.25, -0.2) is 4.98 Å². The molecule has 0 bridgehead atoms. The highest BCUT2D eigenvalue weighted by Crippen LogP contribution is 2.25. The van der Waals surface area contributed by atoms with Crippen LogP contribution in [0.1, 0.15) is 24.2 Å². The summed E-state index contributed by atoms with van der Waals surface area (Å²) in [7, 11) is 0. The molecule has 0 aliphatic heterocycles. The minimum Gasteiger partial charge on any atom is -0.387 e. The van der Waals surface area contributed by atoms with E-state index in [1.54, 1.807) is 17.5 Å². The molecule has 0 fully saturated rings. The Bertz CT molecular complexity index is 686. The maximum absolute atomic E-state index is 10.4. The van der Waals surface area contributed by atoms with Gasteiger partial charge in [0.15, 0.2) is 0 Å². The van der Waals surface area contributed by atoms with Crippen LogP contribution in [0.15, 0.2) is 54.2 Å². The monoisotopic (exact) mass is 298 g/mol. The van der Waals surface area contributed by atoms with E-state index in [9.17, 15) is 5.11 Å². The Hall–Kier alpha value is -1.91. The van der Waals surface area contributed by atoms with Crippen LogP contribution in [0.25, 0.3) is 10.7 Å². The highest BCUT2D eigenvalue weighted by molar-refractivity contribution is 7.13. The molecule has 0 aliphatic rings. The van der Waals surface area contributed by atoms with Crippen LogP contribution in [-0.4, -0.2) is 14.7 Å². The van der Waals surface area contributed by atoms with E-state index in [1.807, 2.05) is 40.4 Å². The molecule has 1 unspecified atom stereocenters. The van der Waals surface area contributed by atoms with E-state index >= 15 is 0 Å². The van der Waals surface area contributed by atoms with E-state index in [1.165, 1.54) is 5.56 Å². The molecular formula is C17H18N2OS. The van der Waals surface area contributed by atoms with Gasteiger partial charge in [-0.15, -0.1) is 11.3 Å². The lowest BCUT2D eigenvalue weighted by atomic mass is 10.1. The van der Waals surface area contributed by atoms with Gasteiger partial charge in [0.2, 0.25) is 0 Å². The predicted octanol–water partition coefficient (Wildman–Crippen LogP) is 3.91. The Morgan fingerprint density at radius 3 is 2.71 bits per heavy atom. The summed E-state index contributed by atoms with van der Waals surface area (Å²) in [6.07, 6.45) is 4.19. The van der Waals surface area contributed by atoms with Crippen molar-refractivity contribution in [2.24, 2.45) is 0 Å². The first-order chi connectivity index (χ1) is 10.3. The normalized spacial score (nSPS) is 12.5. The molecule has 4 heteroatoms. The third-order valence-electron chi connectivity index (χ3n) is 3.60. The van der Waals surface area contributed by atoms with E-state index in [-0.39, 0.29) is 0 Å². The van der Waals surface area contributed by atoms with Gasteiger partial charge in [0.05, 0.1) is 17.5 Å². The fourth-order valence-corrected chi connectivity index (χ4v) is 3.09. The fourth-order valence-electron chi connectivity index (χ4n) is 2.35. The Morgan fingerprint density at radius 2 is 2.05 bits per heavy atom. The second-order valence-corrected chi connectivity index (χ2v) is 5.94. The van der Waals surface area contributed by atoms with Gasteiger partial charge in [-0.3, -0.25) is 0 Å². The molecule has 108 valence electrons. The molecular weight excluding hydrogens is 280 g/mol. The lowest BCUT2D eigenvalue weighted by Gasteiger charge is -2.14. The summed E-state index contributed by atoms with van der Waals surface area (Å²) in [5, 5.41) is 12.5. The molecule has 1 aromatic carbocycles. The first-order valence-electron chi connectivity index (χ1n) is 7.10. The molecule has 3 rings (SSSR count). The van der Waals surface area contributed by atoms with Gasteiger partial charge < -0.3 is 9.67 Å². The zero-order valence-electron chi connectivity index (χ0n) is 11.9. The number of hydrogen-bond donors (Lipinski definition) is 1. The number of nitrogens with zero attached hydrogens (tertiary/aromatic N) is 2. The van der Waals surface area contributed by atoms with E-state index in [4.69, 9.17) is 0 Å². The number of hydrogen-bond acceptors (Lipinski definition) is 3. The largest absolute Gasteiger partial charge is 0.387 e. The van der Waals surface area contributed by atoms with Gasteiger partial charge in [-0.05, 0) is 29.0 Å². The van der Waals surface area contributed by atoms with Crippen LogP contribution >= 0.6 is 11.3 Å². The van der Waals surface area contributed by atoms with Crippen LogP contribution in [0.2, 0.25) is 0 Å². The number of rotatable bonds is 5. The number of aromatic nitrogens is 2. The standard InChI is InChI=1S/C17H18N2OS/c1-2-13-5-7-14(8-6-13)15(20)12-19-10-9-18-17(19)16-4-3-11-21-16/h3-11,15,20H,2,12H2,1H3. The van der Waals surface area contributed by atoms with Crippen molar-refractivity contribution < 1.29 is 5.11 Å². The maximum atomic E-state index is 10.4. The fraction of sp³-hybridized carbons (Fsp3) is 0.235. The molecule has 1 atom stereocenters. The SMILES string of the molecule is CCc1ccc(C(O)Cn2ccnc2-c2cccs2)cc1. The summed E-state index contributed by atoms with van der Waals surface area (Å²) in [6.45, 7) is 2.64. The molecule has 0 amide bonds. The first kappa shape index (κ1) is 14.0. The second kappa shape index (κ2) is 6.24. The van der Waals surface area contributed by atoms with E-state index in [2.05, 4.69) is 24.0 Å². The lowest BCUT2D eigenvalue weighted by molar-refractivity contribution is 0.157. The van der Waals surface area contributed by atoms with Crippen molar-refractivity contribution in [2.75, 3.05) is 0 Å². The molecule has 0 saturated carbocycles. The van der Waals surface area contributed by atoms with Gasteiger partial charge in [0.1, 0.15) is 5.82 Å². The molecule has 2 aromatic heterocycles. The smallest absolute Gasteiger partial charge is 0.150 e. The highest BCUT2D eigenvalue weighted by Gasteiger charge is 2.12. The summed E-state index contributed by atoms with van der Waals surface area (Å²) >= 11 is 1.66. The van der Waals surface area contributed by atoms with E-state index < -0.39 is 6.10 Å². The third kappa shape index (κ3) is 3.06. The molecule has 3 aromatic rings. The lowest BCUT2D eigenvalue weighted by Crippen LogP contribution is -2.09. The van der Waals surface area contributed by atoms with Crippen LogP contribution in [0.5, 0.6) is 0 Å². The Labute approximate surface area is 128 Å². The van der Waals surface area contributed by atoms with Crippen molar-refractivity contribution in [2.45, 2.75) is 26.0 Å². The molecule has 0 aliphatic carbocycles.